The van der Waals surface area contributed by atoms with Gasteiger partial charge in [0.25, 0.3) is 0 Å². The molecule has 0 aromatic heterocycles. The van der Waals surface area contributed by atoms with Gasteiger partial charge in [-0.2, -0.15) is 0 Å². The van der Waals surface area contributed by atoms with Crippen LogP contribution in [0.2, 0.25) is 0 Å². The highest BCUT2D eigenvalue weighted by Crippen LogP contribution is 2.11. The molecular weight excluding hydrogens is 240 g/mol. The van der Waals surface area contributed by atoms with E-state index in [0.717, 1.165) is 13.0 Å². The van der Waals surface area contributed by atoms with Crippen molar-refractivity contribution >= 4 is 6.09 Å². The lowest BCUT2D eigenvalue weighted by atomic mass is 10.2. The summed E-state index contributed by atoms with van der Waals surface area (Å²) in [5.74, 6) is 0. The van der Waals surface area contributed by atoms with Gasteiger partial charge in [-0.3, -0.25) is 0 Å². The van der Waals surface area contributed by atoms with Crippen molar-refractivity contribution < 1.29 is 9.53 Å². The van der Waals surface area contributed by atoms with Crippen LogP contribution in [0.1, 0.15) is 61.3 Å². The fraction of sp³-hybridized carbons (Fsp3) is 0.933. The average molecular weight is 272 g/mol. The van der Waals surface area contributed by atoms with Crippen LogP contribution < -0.4 is 5.32 Å². The minimum atomic E-state index is -0.437. The van der Waals surface area contributed by atoms with Crippen LogP contribution in [0.25, 0.3) is 0 Å². The zero-order valence-corrected chi connectivity index (χ0v) is 13.7. The summed E-state index contributed by atoms with van der Waals surface area (Å²) in [6.45, 7) is 15.6. The highest BCUT2D eigenvalue weighted by Gasteiger charge is 2.23. The summed E-state index contributed by atoms with van der Waals surface area (Å²) in [5.41, 5.74) is -0.437. The lowest BCUT2D eigenvalue weighted by Gasteiger charge is -2.30. The molecule has 0 aliphatic rings. The van der Waals surface area contributed by atoms with E-state index in [1.807, 2.05) is 34.6 Å². The fourth-order valence-corrected chi connectivity index (χ4v) is 1.85. The number of amides is 1. The van der Waals surface area contributed by atoms with Crippen LogP contribution in [0, 0.1) is 0 Å². The quantitative estimate of drug-likeness (QED) is 0.772. The average Bonchev–Trinajstić information content (AvgIpc) is 2.21. The van der Waals surface area contributed by atoms with E-state index in [-0.39, 0.29) is 12.1 Å². The van der Waals surface area contributed by atoms with Gasteiger partial charge in [-0.05, 0) is 48.0 Å². The van der Waals surface area contributed by atoms with Crippen molar-refractivity contribution in [2.45, 2.75) is 79.0 Å². The molecule has 19 heavy (non-hydrogen) atoms. The van der Waals surface area contributed by atoms with Crippen molar-refractivity contribution in [1.29, 1.82) is 0 Å². The van der Waals surface area contributed by atoms with Crippen molar-refractivity contribution in [3.8, 4) is 0 Å². The summed E-state index contributed by atoms with van der Waals surface area (Å²) in [5, 5.41) is 3.44. The predicted octanol–water partition coefficient (Wildman–Crippen LogP) is 3.41. The lowest BCUT2D eigenvalue weighted by Crippen LogP contribution is -2.45. The second-order valence-corrected chi connectivity index (χ2v) is 6.41. The molecule has 0 fully saturated rings. The first kappa shape index (κ1) is 18.2. The first-order valence-electron chi connectivity index (χ1n) is 7.40. The maximum atomic E-state index is 12.1. The predicted molar refractivity (Wildman–Crippen MR) is 80.4 cm³/mol. The van der Waals surface area contributed by atoms with E-state index in [1.165, 1.54) is 6.42 Å². The number of hydrogen-bond acceptors (Lipinski definition) is 3. The first-order valence-corrected chi connectivity index (χ1v) is 7.40. The van der Waals surface area contributed by atoms with Gasteiger partial charge in [-0.25, -0.2) is 4.79 Å². The van der Waals surface area contributed by atoms with Crippen LogP contribution in [-0.4, -0.2) is 41.8 Å². The van der Waals surface area contributed by atoms with Crippen LogP contribution in [0.3, 0.4) is 0 Å². The zero-order valence-electron chi connectivity index (χ0n) is 13.7. The molecule has 1 N–H and O–H groups in total. The van der Waals surface area contributed by atoms with Crippen molar-refractivity contribution in [2.24, 2.45) is 0 Å². The van der Waals surface area contributed by atoms with Gasteiger partial charge < -0.3 is 15.0 Å². The molecule has 0 heterocycles. The lowest BCUT2D eigenvalue weighted by molar-refractivity contribution is 0.0192. The Hall–Kier alpha value is -0.770. The number of hydrogen-bond donors (Lipinski definition) is 1. The van der Waals surface area contributed by atoms with Crippen molar-refractivity contribution in [2.75, 3.05) is 13.1 Å². The van der Waals surface area contributed by atoms with Crippen LogP contribution in [0.4, 0.5) is 4.79 Å². The van der Waals surface area contributed by atoms with Crippen molar-refractivity contribution in [1.82, 2.24) is 10.2 Å². The molecule has 0 aliphatic carbocycles. The molecule has 1 atom stereocenters. The van der Waals surface area contributed by atoms with E-state index in [4.69, 9.17) is 4.74 Å². The molecule has 0 saturated carbocycles. The number of rotatable bonds is 7. The van der Waals surface area contributed by atoms with E-state index in [0.29, 0.717) is 12.6 Å². The smallest absolute Gasteiger partial charge is 0.410 e. The number of ether oxygens (including phenoxy) is 1. The third-order valence-corrected chi connectivity index (χ3v) is 2.82. The minimum Gasteiger partial charge on any atom is -0.444 e. The molecule has 0 spiro atoms. The molecular formula is C15H32N2O2. The molecule has 0 aliphatic heterocycles. The van der Waals surface area contributed by atoms with Gasteiger partial charge in [0.05, 0.1) is 0 Å². The van der Waals surface area contributed by atoms with Crippen molar-refractivity contribution in [3.05, 3.63) is 0 Å². The van der Waals surface area contributed by atoms with E-state index in [9.17, 15) is 4.79 Å². The van der Waals surface area contributed by atoms with Gasteiger partial charge in [-0.15, -0.1) is 0 Å². The van der Waals surface area contributed by atoms with Crippen LogP contribution in [0.5, 0.6) is 0 Å². The summed E-state index contributed by atoms with van der Waals surface area (Å²) in [6, 6.07) is 0.649. The molecule has 0 bridgehead atoms. The number of nitrogens with one attached hydrogen (secondary N) is 1. The largest absolute Gasteiger partial charge is 0.444 e. The Kier molecular flexibility index (Phi) is 8.07. The molecule has 0 rings (SSSR count). The van der Waals surface area contributed by atoms with Gasteiger partial charge in [0.15, 0.2) is 0 Å². The second kappa shape index (κ2) is 8.41. The van der Waals surface area contributed by atoms with Crippen molar-refractivity contribution in [3.63, 3.8) is 0 Å². The highest BCUT2D eigenvalue weighted by atomic mass is 16.6. The number of carbonyl (C=O) groups is 1. The fourth-order valence-electron chi connectivity index (χ4n) is 1.85. The SMILES string of the molecule is CCCC(C)NCCN(C(=O)OC(C)(C)C)C(C)C. The highest BCUT2D eigenvalue weighted by molar-refractivity contribution is 5.68. The molecule has 0 radical (unpaired) electrons. The Morgan fingerprint density at radius 3 is 2.26 bits per heavy atom. The normalized spacial score (nSPS) is 13.5. The molecule has 4 heteroatoms. The maximum Gasteiger partial charge on any atom is 0.410 e. The summed E-state index contributed by atoms with van der Waals surface area (Å²) in [7, 11) is 0. The summed E-state index contributed by atoms with van der Waals surface area (Å²) in [4.78, 5) is 13.9. The van der Waals surface area contributed by atoms with Gasteiger partial charge in [0.2, 0.25) is 0 Å². The summed E-state index contributed by atoms with van der Waals surface area (Å²) in [6.07, 6.45) is 2.11. The Morgan fingerprint density at radius 2 is 1.84 bits per heavy atom. The number of nitrogens with zero attached hydrogens (tertiary/aromatic N) is 1. The number of carbonyl (C=O) groups excluding carboxylic acids is 1. The van der Waals surface area contributed by atoms with E-state index < -0.39 is 5.60 Å². The maximum absolute atomic E-state index is 12.1. The molecule has 0 aromatic carbocycles. The zero-order chi connectivity index (χ0) is 15.1. The Bertz CT molecular complexity index is 259. The second-order valence-electron chi connectivity index (χ2n) is 6.41. The Labute approximate surface area is 118 Å². The topological polar surface area (TPSA) is 41.6 Å². The van der Waals surface area contributed by atoms with Gasteiger partial charge >= 0.3 is 6.09 Å². The molecule has 114 valence electrons. The van der Waals surface area contributed by atoms with Crippen LogP contribution >= 0.6 is 0 Å². The van der Waals surface area contributed by atoms with E-state index >= 15 is 0 Å². The molecule has 0 saturated heterocycles. The van der Waals surface area contributed by atoms with Gasteiger partial charge in [-0.1, -0.05) is 13.3 Å². The standard InChI is InChI=1S/C15H32N2O2/c1-8-9-13(4)16-10-11-17(12(2)3)14(18)19-15(5,6)7/h12-13,16H,8-11H2,1-7H3. The van der Waals surface area contributed by atoms with Crippen LogP contribution in [0.15, 0.2) is 0 Å². The van der Waals surface area contributed by atoms with Gasteiger partial charge in [0, 0.05) is 25.2 Å². The first-order chi connectivity index (χ1) is 8.67. The summed E-state index contributed by atoms with van der Waals surface area (Å²) >= 11 is 0. The summed E-state index contributed by atoms with van der Waals surface area (Å²) < 4.78 is 5.43. The molecule has 1 unspecified atom stereocenters. The van der Waals surface area contributed by atoms with Gasteiger partial charge in [0.1, 0.15) is 5.60 Å². The van der Waals surface area contributed by atoms with Crippen LogP contribution in [-0.2, 0) is 4.74 Å². The third-order valence-electron chi connectivity index (χ3n) is 2.82. The molecule has 0 aromatic rings. The monoisotopic (exact) mass is 272 g/mol. The minimum absolute atomic E-state index is 0.151. The van der Waals surface area contributed by atoms with E-state index in [1.54, 1.807) is 4.90 Å². The molecule has 1 amide bonds. The Balaban J connectivity index is 4.23. The third kappa shape index (κ3) is 8.87. The molecule has 4 nitrogen and oxygen atoms in total. The van der Waals surface area contributed by atoms with E-state index in [2.05, 4.69) is 19.2 Å². The Morgan fingerprint density at radius 1 is 1.26 bits per heavy atom.